The predicted molar refractivity (Wildman–Crippen MR) is 71.7 cm³/mol. The molecule has 0 saturated carbocycles. The van der Waals surface area contributed by atoms with Crippen LogP contribution in [0, 0.1) is 0 Å². The van der Waals surface area contributed by atoms with Crippen LogP contribution in [-0.2, 0) is 6.42 Å². The number of imidazole rings is 1. The van der Waals surface area contributed by atoms with Crippen molar-refractivity contribution in [1.29, 1.82) is 0 Å². The minimum absolute atomic E-state index is 0.0375. The molecular formula is C14H17N3O. The van der Waals surface area contributed by atoms with Gasteiger partial charge in [-0.25, -0.2) is 4.98 Å². The average Bonchev–Trinajstić information content (AvgIpc) is 2.78. The summed E-state index contributed by atoms with van der Waals surface area (Å²) in [6.45, 7) is 2.09. The third-order valence-electron chi connectivity index (χ3n) is 2.75. The molecule has 2 aromatic heterocycles. The van der Waals surface area contributed by atoms with Crippen LogP contribution in [-0.4, -0.2) is 34.2 Å². The summed E-state index contributed by atoms with van der Waals surface area (Å²) >= 11 is 0. The van der Waals surface area contributed by atoms with Crippen LogP contribution >= 0.6 is 0 Å². The lowest BCUT2D eigenvalue weighted by Crippen LogP contribution is -2.05. The molecule has 0 fully saturated rings. The molecule has 0 atom stereocenters. The lowest BCUT2D eigenvalue weighted by atomic mass is 10.2. The highest BCUT2D eigenvalue weighted by Crippen LogP contribution is 2.10. The van der Waals surface area contributed by atoms with Crippen molar-refractivity contribution in [3.63, 3.8) is 0 Å². The van der Waals surface area contributed by atoms with Gasteiger partial charge >= 0.3 is 0 Å². The number of hydrogen-bond acceptors (Lipinski definition) is 3. The number of hydrogen-bond donors (Lipinski definition) is 0. The van der Waals surface area contributed by atoms with Gasteiger partial charge in [0, 0.05) is 32.6 Å². The molecule has 0 unspecified atom stereocenters. The van der Waals surface area contributed by atoms with E-state index in [1.807, 2.05) is 41.7 Å². The van der Waals surface area contributed by atoms with E-state index >= 15 is 0 Å². The zero-order chi connectivity index (χ0) is 13.1. The predicted octanol–water partition coefficient (Wildman–Crippen LogP) is 2.15. The molecule has 4 heteroatoms. The average molecular weight is 243 g/mol. The molecular weight excluding hydrogens is 226 g/mol. The van der Waals surface area contributed by atoms with E-state index in [1.165, 1.54) is 5.56 Å². The number of carbonyl (C=O) groups is 1. The Morgan fingerprint density at radius 2 is 2.22 bits per heavy atom. The maximum absolute atomic E-state index is 12.0. The fourth-order valence-corrected chi connectivity index (χ4v) is 1.72. The minimum atomic E-state index is -0.0375. The Bertz CT molecular complexity index is 596. The number of carbonyl (C=O) groups excluding carboxylic acids is 1. The molecule has 0 radical (unpaired) electrons. The normalized spacial score (nSPS) is 11.3. The summed E-state index contributed by atoms with van der Waals surface area (Å²) in [6, 6.07) is 3.97. The molecule has 94 valence electrons. The molecule has 18 heavy (non-hydrogen) atoms. The van der Waals surface area contributed by atoms with Gasteiger partial charge < -0.3 is 4.90 Å². The number of rotatable bonds is 4. The smallest absolute Gasteiger partial charge is 0.205 e. The molecule has 2 heterocycles. The molecule has 2 aromatic rings. The van der Waals surface area contributed by atoms with Gasteiger partial charge in [-0.3, -0.25) is 9.20 Å². The Kier molecular flexibility index (Phi) is 3.46. The first-order chi connectivity index (χ1) is 8.61. The number of aryl methyl sites for hydroxylation is 1. The molecule has 0 spiro atoms. The second-order valence-electron chi connectivity index (χ2n) is 4.41. The molecule has 2 rings (SSSR count). The van der Waals surface area contributed by atoms with Crippen LogP contribution in [0.1, 0.15) is 23.0 Å². The number of nitrogens with zero attached hydrogens (tertiary/aromatic N) is 3. The van der Waals surface area contributed by atoms with Crippen molar-refractivity contribution in [2.24, 2.45) is 0 Å². The summed E-state index contributed by atoms with van der Waals surface area (Å²) in [5.41, 5.74) is 2.58. The highest BCUT2D eigenvalue weighted by atomic mass is 16.1. The Labute approximate surface area is 107 Å². The first-order valence-corrected chi connectivity index (χ1v) is 5.96. The van der Waals surface area contributed by atoms with E-state index in [1.54, 1.807) is 18.5 Å². The summed E-state index contributed by atoms with van der Waals surface area (Å²) < 4.78 is 1.85. The standard InChI is InChI=1S/C14H17N3O/c1-4-11-5-6-14-15-9-12(17(14)10-11)13(18)7-8-16(2)3/h5-10H,4H2,1-3H3. The molecule has 0 amide bonds. The number of allylic oxidation sites excluding steroid dienone is 1. The zero-order valence-electron chi connectivity index (χ0n) is 10.9. The maximum Gasteiger partial charge on any atom is 0.205 e. The lowest BCUT2D eigenvalue weighted by molar-refractivity contribution is 0.104. The molecule has 4 nitrogen and oxygen atoms in total. The SMILES string of the molecule is CCc1ccc2ncc(C(=O)C=CN(C)C)n2c1. The van der Waals surface area contributed by atoms with Crippen molar-refractivity contribution >= 4 is 11.4 Å². The molecule has 0 aliphatic heterocycles. The highest BCUT2D eigenvalue weighted by molar-refractivity contribution is 6.03. The van der Waals surface area contributed by atoms with Crippen LogP contribution in [0.3, 0.4) is 0 Å². The molecule has 0 bridgehead atoms. The van der Waals surface area contributed by atoms with Crippen LogP contribution in [0.4, 0.5) is 0 Å². The highest BCUT2D eigenvalue weighted by Gasteiger charge is 2.09. The van der Waals surface area contributed by atoms with Crippen molar-refractivity contribution < 1.29 is 4.79 Å². The third kappa shape index (κ3) is 2.42. The van der Waals surface area contributed by atoms with Crippen LogP contribution in [0.2, 0.25) is 0 Å². The van der Waals surface area contributed by atoms with Gasteiger partial charge in [0.15, 0.2) is 0 Å². The van der Waals surface area contributed by atoms with Crippen molar-refractivity contribution in [3.8, 4) is 0 Å². The van der Waals surface area contributed by atoms with E-state index in [0.29, 0.717) is 5.69 Å². The summed E-state index contributed by atoms with van der Waals surface area (Å²) in [4.78, 5) is 18.1. The summed E-state index contributed by atoms with van der Waals surface area (Å²) in [5.74, 6) is -0.0375. The third-order valence-corrected chi connectivity index (χ3v) is 2.75. The van der Waals surface area contributed by atoms with Crippen molar-refractivity contribution in [2.75, 3.05) is 14.1 Å². The van der Waals surface area contributed by atoms with Gasteiger partial charge in [-0.15, -0.1) is 0 Å². The summed E-state index contributed by atoms with van der Waals surface area (Å²) in [5, 5.41) is 0. The van der Waals surface area contributed by atoms with Gasteiger partial charge in [0.05, 0.1) is 6.20 Å². The summed E-state index contributed by atoms with van der Waals surface area (Å²) in [6.07, 6.45) is 7.83. The number of ketones is 1. The summed E-state index contributed by atoms with van der Waals surface area (Å²) in [7, 11) is 3.76. The van der Waals surface area contributed by atoms with Crippen LogP contribution in [0.15, 0.2) is 36.8 Å². The minimum Gasteiger partial charge on any atom is -0.383 e. The van der Waals surface area contributed by atoms with Crippen molar-refractivity contribution in [1.82, 2.24) is 14.3 Å². The zero-order valence-corrected chi connectivity index (χ0v) is 10.9. The van der Waals surface area contributed by atoms with Crippen LogP contribution in [0.5, 0.6) is 0 Å². The monoisotopic (exact) mass is 243 g/mol. The van der Waals surface area contributed by atoms with E-state index in [2.05, 4.69) is 11.9 Å². The van der Waals surface area contributed by atoms with E-state index in [4.69, 9.17) is 0 Å². The number of fused-ring (bicyclic) bond motifs is 1. The first kappa shape index (κ1) is 12.4. The fourth-order valence-electron chi connectivity index (χ4n) is 1.72. The van der Waals surface area contributed by atoms with Crippen molar-refractivity contribution in [2.45, 2.75) is 13.3 Å². The Hall–Kier alpha value is -2.10. The second kappa shape index (κ2) is 5.04. The molecule has 0 aromatic carbocycles. The van der Waals surface area contributed by atoms with E-state index in [9.17, 15) is 4.79 Å². The molecule has 0 N–H and O–H groups in total. The van der Waals surface area contributed by atoms with Gasteiger partial charge in [0.25, 0.3) is 0 Å². The van der Waals surface area contributed by atoms with E-state index < -0.39 is 0 Å². The Morgan fingerprint density at radius 3 is 2.89 bits per heavy atom. The van der Waals surface area contributed by atoms with Gasteiger partial charge in [-0.1, -0.05) is 13.0 Å². The topological polar surface area (TPSA) is 37.6 Å². The van der Waals surface area contributed by atoms with E-state index in [-0.39, 0.29) is 5.78 Å². The quantitative estimate of drug-likeness (QED) is 0.610. The fraction of sp³-hybridized carbons (Fsp3) is 0.286. The molecule has 0 aliphatic rings. The number of aromatic nitrogens is 2. The van der Waals surface area contributed by atoms with Crippen LogP contribution in [0.25, 0.3) is 5.65 Å². The maximum atomic E-state index is 12.0. The van der Waals surface area contributed by atoms with Crippen LogP contribution < -0.4 is 0 Å². The van der Waals surface area contributed by atoms with Gasteiger partial charge in [-0.2, -0.15) is 0 Å². The second-order valence-corrected chi connectivity index (χ2v) is 4.41. The number of pyridine rings is 1. The molecule has 0 aliphatic carbocycles. The first-order valence-electron chi connectivity index (χ1n) is 5.96. The van der Waals surface area contributed by atoms with Gasteiger partial charge in [-0.05, 0) is 18.1 Å². The van der Waals surface area contributed by atoms with Gasteiger partial charge in [0.1, 0.15) is 11.3 Å². The van der Waals surface area contributed by atoms with Crippen molar-refractivity contribution in [3.05, 3.63) is 48.1 Å². The van der Waals surface area contributed by atoms with E-state index in [0.717, 1.165) is 12.1 Å². The Morgan fingerprint density at radius 1 is 1.44 bits per heavy atom. The largest absolute Gasteiger partial charge is 0.383 e. The Balaban J connectivity index is 2.41. The van der Waals surface area contributed by atoms with Gasteiger partial charge in [0.2, 0.25) is 5.78 Å². The molecule has 0 saturated heterocycles. The lowest BCUT2D eigenvalue weighted by Gasteiger charge is -2.03.